The van der Waals surface area contributed by atoms with Crippen molar-refractivity contribution in [1.29, 1.82) is 0 Å². The van der Waals surface area contributed by atoms with Gasteiger partial charge in [0.15, 0.2) is 16.9 Å². The summed E-state index contributed by atoms with van der Waals surface area (Å²) < 4.78 is 32.7. The fraction of sp³-hybridized carbons (Fsp3) is 0.375. The summed E-state index contributed by atoms with van der Waals surface area (Å²) in [5.41, 5.74) is -0.170. The molecule has 0 bridgehead atoms. The van der Waals surface area contributed by atoms with Crippen molar-refractivity contribution in [3.8, 4) is 40.1 Å². The van der Waals surface area contributed by atoms with E-state index in [9.17, 15) is 30.3 Å². The molecule has 0 radical (unpaired) electrons. The van der Waals surface area contributed by atoms with Crippen LogP contribution in [0.4, 0.5) is 0 Å². The second-order valence-corrected chi connectivity index (χ2v) is 8.02. The summed E-state index contributed by atoms with van der Waals surface area (Å²) in [4.78, 5) is 13.2. The number of aliphatic hydroxyl groups excluding tert-OH is 4. The molecule has 4 rings (SSSR count). The maximum absolute atomic E-state index is 13.2. The molecule has 2 aromatic carbocycles. The molecule has 194 valence electrons. The number of aromatic hydroxyl groups is 1. The van der Waals surface area contributed by atoms with Crippen molar-refractivity contribution in [3.05, 3.63) is 40.6 Å². The summed E-state index contributed by atoms with van der Waals surface area (Å²) in [6.07, 6.45) is -7.66. The lowest BCUT2D eigenvalue weighted by atomic mass is 9.99. The highest BCUT2D eigenvalue weighted by Crippen LogP contribution is 2.41. The molecule has 1 aromatic heterocycles. The second kappa shape index (κ2) is 10.2. The topological polar surface area (TPSA) is 178 Å². The van der Waals surface area contributed by atoms with Gasteiger partial charge in [-0.2, -0.15) is 0 Å². The van der Waals surface area contributed by atoms with Crippen molar-refractivity contribution in [2.75, 3.05) is 27.9 Å². The van der Waals surface area contributed by atoms with Gasteiger partial charge in [-0.1, -0.05) is 0 Å². The van der Waals surface area contributed by atoms with Crippen molar-refractivity contribution < 1.29 is 53.6 Å². The Hall–Kier alpha value is -3.55. The van der Waals surface area contributed by atoms with Gasteiger partial charge in [0, 0.05) is 23.8 Å². The largest absolute Gasteiger partial charge is 0.504 e. The Bertz CT molecular complexity index is 1300. The van der Waals surface area contributed by atoms with Gasteiger partial charge in [-0.05, 0) is 12.1 Å². The first-order chi connectivity index (χ1) is 17.2. The zero-order valence-electron chi connectivity index (χ0n) is 19.6. The Morgan fingerprint density at radius 3 is 2.28 bits per heavy atom. The van der Waals surface area contributed by atoms with Gasteiger partial charge in [0.2, 0.25) is 12.0 Å². The number of hydrogen-bond acceptors (Lipinski definition) is 12. The number of benzene rings is 2. The zero-order chi connectivity index (χ0) is 26.1. The minimum Gasteiger partial charge on any atom is -0.504 e. The van der Waals surface area contributed by atoms with Crippen LogP contribution in [-0.2, 0) is 4.74 Å². The SMILES string of the molecule is COc1cc(O[C@@H]2O[C@H](CO)C(O)[C@H](O)[C@H]2O)c2c(=O)cc(-c3cc(O)c(OC)c(OC)c3)oc2c1. The van der Waals surface area contributed by atoms with E-state index < -0.39 is 42.7 Å². The van der Waals surface area contributed by atoms with Crippen LogP contribution in [0.1, 0.15) is 0 Å². The van der Waals surface area contributed by atoms with Crippen molar-refractivity contribution >= 4 is 11.0 Å². The van der Waals surface area contributed by atoms with E-state index in [-0.39, 0.29) is 45.5 Å². The van der Waals surface area contributed by atoms with Gasteiger partial charge in [0.25, 0.3) is 0 Å². The molecule has 5 atom stereocenters. The maximum atomic E-state index is 13.2. The quantitative estimate of drug-likeness (QED) is 0.298. The monoisotopic (exact) mass is 506 g/mol. The van der Waals surface area contributed by atoms with Crippen LogP contribution in [0.3, 0.4) is 0 Å². The van der Waals surface area contributed by atoms with Gasteiger partial charge in [-0.25, -0.2) is 0 Å². The van der Waals surface area contributed by atoms with Crippen LogP contribution >= 0.6 is 0 Å². The molecule has 1 saturated heterocycles. The smallest absolute Gasteiger partial charge is 0.229 e. The summed E-state index contributed by atoms with van der Waals surface area (Å²) in [6.45, 7) is -0.646. The number of rotatable bonds is 7. The number of phenols is 1. The van der Waals surface area contributed by atoms with Gasteiger partial charge < -0.3 is 53.6 Å². The predicted octanol–water partition coefficient (Wildman–Crippen LogP) is 0.370. The van der Waals surface area contributed by atoms with Crippen LogP contribution < -0.4 is 24.4 Å². The first-order valence-corrected chi connectivity index (χ1v) is 10.8. The molecule has 2 heterocycles. The molecule has 36 heavy (non-hydrogen) atoms. The Morgan fingerprint density at radius 2 is 1.64 bits per heavy atom. The third-order valence-electron chi connectivity index (χ3n) is 5.84. The standard InChI is InChI=1S/C24H26O12/c1-31-11-6-15-19(16(7-11)35-24-22(30)21(29)20(28)18(9-25)36-24)12(26)8-14(34-15)10-4-13(27)23(33-3)17(5-10)32-2/h4-8,18,20-22,24-25,27-30H,9H2,1-3H3/t18-,20?,21+,22-,24-/m1/s1. The van der Waals surface area contributed by atoms with Crippen LogP contribution in [0, 0.1) is 0 Å². The minimum absolute atomic E-state index is 0.0267. The summed E-state index contributed by atoms with van der Waals surface area (Å²) in [5.74, 6) is 0.332. The predicted molar refractivity (Wildman–Crippen MR) is 124 cm³/mol. The number of phenolic OH excluding ortho intramolecular Hbond substituents is 1. The molecular formula is C24H26O12. The van der Waals surface area contributed by atoms with Crippen LogP contribution in [0.5, 0.6) is 28.7 Å². The molecule has 1 aliphatic heterocycles. The maximum Gasteiger partial charge on any atom is 0.229 e. The summed E-state index contributed by atoms with van der Waals surface area (Å²) in [6, 6.07) is 6.85. The van der Waals surface area contributed by atoms with Crippen LogP contribution in [-0.4, -0.2) is 84.2 Å². The van der Waals surface area contributed by atoms with Crippen molar-refractivity contribution in [3.63, 3.8) is 0 Å². The molecule has 0 saturated carbocycles. The van der Waals surface area contributed by atoms with Gasteiger partial charge in [-0.15, -0.1) is 0 Å². The number of ether oxygens (including phenoxy) is 5. The number of fused-ring (bicyclic) bond motifs is 1. The van der Waals surface area contributed by atoms with Gasteiger partial charge in [0.05, 0.1) is 27.9 Å². The first-order valence-electron chi connectivity index (χ1n) is 10.8. The molecule has 0 amide bonds. The highest BCUT2D eigenvalue weighted by atomic mass is 16.7. The molecule has 0 spiro atoms. The van der Waals surface area contributed by atoms with E-state index in [1.165, 1.54) is 51.7 Å². The Balaban J connectivity index is 1.80. The zero-order valence-corrected chi connectivity index (χ0v) is 19.6. The molecule has 3 aromatic rings. The van der Waals surface area contributed by atoms with Crippen molar-refractivity contribution in [1.82, 2.24) is 0 Å². The molecule has 12 heteroatoms. The van der Waals surface area contributed by atoms with Crippen molar-refractivity contribution in [2.45, 2.75) is 30.7 Å². The molecule has 1 unspecified atom stereocenters. The van der Waals surface area contributed by atoms with E-state index in [4.69, 9.17) is 28.1 Å². The third-order valence-corrected chi connectivity index (χ3v) is 5.84. The normalized spacial score (nSPS) is 23.9. The summed E-state index contributed by atoms with van der Waals surface area (Å²) in [7, 11) is 4.15. The van der Waals surface area contributed by atoms with E-state index >= 15 is 0 Å². The highest BCUT2D eigenvalue weighted by Gasteiger charge is 2.45. The second-order valence-electron chi connectivity index (χ2n) is 8.02. The lowest BCUT2D eigenvalue weighted by Gasteiger charge is -2.39. The van der Waals surface area contributed by atoms with E-state index in [0.29, 0.717) is 5.56 Å². The molecule has 5 N–H and O–H groups in total. The van der Waals surface area contributed by atoms with Gasteiger partial charge in [-0.3, -0.25) is 4.79 Å². The van der Waals surface area contributed by atoms with E-state index in [1.807, 2.05) is 0 Å². The Kier molecular flexibility index (Phi) is 7.24. The van der Waals surface area contributed by atoms with Crippen LogP contribution in [0.2, 0.25) is 0 Å². The van der Waals surface area contributed by atoms with Gasteiger partial charge in [0.1, 0.15) is 52.6 Å². The molecule has 1 fully saturated rings. The molecule has 0 aliphatic carbocycles. The van der Waals surface area contributed by atoms with Crippen LogP contribution in [0.15, 0.2) is 39.5 Å². The number of hydrogen-bond donors (Lipinski definition) is 5. The summed E-state index contributed by atoms with van der Waals surface area (Å²) in [5, 5.41) is 50.1. The number of methoxy groups -OCH3 is 3. The fourth-order valence-electron chi connectivity index (χ4n) is 3.96. The third kappa shape index (κ3) is 4.52. The lowest BCUT2D eigenvalue weighted by molar-refractivity contribution is -0.277. The average molecular weight is 506 g/mol. The molecule has 12 nitrogen and oxygen atoms in total. The summed E-state index contributed by atoms with van der Waals surface area (Å²) >= 11 is 0. The lowest BCUT2D eigenvalue weighted by Crippen LogP contribution is -2.60. The van der Waals surface area contributed by atoms with Gasteiger partial charge >= 0.3 is 0 Å². The Labute approximate surface area is 204 Å². The highest BCUT2D eigenvalue weighted by molar-refractivity contribution is 5.86. The van der Waals surface area contributed by atoms with Crippen LogP contribution in [0.25, 0.3) is 22.3 Å². The Morgan fingerprint density at radius 1 is 0.889 bits per heavy atom. The van der Waals surface area contributed by atoms with Crippen molar-refractivity contribution in [2.24, 2.45) is 0 Å². The van der Waals surface area contributed by atoms with E-state index in [0.717, 1.165) is 0 Å². The molecule has 1 aliphatic rings. The van der Waals surface area contributed by atoms with E-state index in [1.54, 1.807) is 0 Å². The molecular weight excluding hydrogens is 480 g/mol. The minimum atomic E-state index is -1.69. The number of aliphatic hydroxyl groups is 4. The fourth-order valence-corrected chi connectivity index (χ4v) is 3.96. The van der Waals surface area contributed by atoms with E-state index in [2.05, 4.69) is 0 Å². The first kappa shape index (κ1) is 25.5. The average Bonchev–Trinajstić information content (AvgIpc) is 2.87.